The summed E-state index contributed by atoms with van der Waals surface area (Å²) in [5.74, 6) is 1.65. The van der Waals surface area contributed by atoms with Crippen molar-refractivity contribution >= 4 is 10.9 Å². The lowest BCUT2D eigenvalue weighted by molar-refractivity contribution is 0.386. The standard InChI is InChI=1S/C18H18N4O2/c1-18(2,3)17-20-14(10-23-17)16-21-15(24-22-16)8-11-9-19-13-7-5-4-6-12(11)13/h4-7,9-10,19H,8H2,1-3H3. The molecule has 0 aliphatic heterocycles. The smallest absolute Gasteiger partial charge is 0.231 e. The first kappa shape index (κ1) is 14.7. The van der Waals surface area contributed by atoms with Crippen LogP contribution < -0.4 is 0 Å². The highest BCUT2D eigenvalue weighted by Gasteiger charge is 2.22. The molecule has 1 aromatic carbocycles. The molecule has 1 N–H and O–H groups in total. The summed E-state index contributed by atoms with van der Waals surface area (Å²) in [7, 11) is 0. The number of benzene rings is 1. The molecule has 4 aromatic rings. The average Bonchev–Trinajstić information content (AvgIpc) is 3.26. The van der Waals surface area contributed by atoms with Gasteiger partial charge in [0.05, 0.1) is 6.42 Å². The number of oxazole rings is 1. The van der Waals surface area contributed by atoms with Gasteiger partial charge in [0.15, 0.2) is 5.89 Å². The molecule has 0 aliphatic rings. The van der Waals surface area contributed by atoms with Crippen LogP contribution in [0, 0.1) is 0 Å². The second-order valence-corrected chi connectivity index (χ2v) is 6.84. The molecule has 6 heteroatoms. The van der Waals surface area contributed by atoms with E-state index in [-0.39, 0.29) is 5.41 Å². The molecule has 122 valence electrons. The average molecular weight is 322 g/mol. The van der Waals surface area contributed by atoms with Gasteiger partial charge in [-0.25, -0.2) is 4.98 Å². The molecular weight excluding hydrogens is 304 g/mol. The number of aromatic amines is 1. The van der Waals surface area contributed by atoms with Gasteiger partial charge in [0, 0.05) is 22.5 Å². The van der Waals surface area contributed by atoms with E-state index in [2.05, 4.69) is 26.2 Å². The molecular formula is C18H18N4O2. The molecule has 0 bridgehead atoms. The summed E-state index contributed by atoms with van der Waals surface area (Å²) < 4.78 is 10.9. The van der Waals surface area contributed by atoms with E-state index in [1.807, 2.05) is 45.2 Å². The van der Waals surface area contributed by atoms with Gasteiger partial charge in [0.2, 0.25) is 11.7 Å². The van der Waals surface area contributed by atoms with Crippen molar-refractivity contribution < 1.29 is 8.94 Å². The third-order valence-corrected chi connectivity index (χ3v) is 3.86. The summed E-state index contributed by atoms with van der Waals surface area (Å²) >= 11 is 0. The van der Waals surface area contributed by atoms with Crippen molar-refractivity contribution in [3.05, 3.63) is 54.1 Å². The lowest BCUT2D eigenvalue weighted by Gasteiger charge is -2.11. The first-order valence-corrected chi connectivity index (χ1v) is 7.85. The number of hydrogen-bond acceptors (Lipinski definition) is 5. The minimum atomic E-state index is -0.158. The van der Waals surface area contributed by atoms with Crippen LogP contribution in [-0.2, 0) is 11.8 Å². The number of rotatable bonds is 3. The molecule has 0 fully saturated rings. The molecule has 0 atom stereocenters. The molecule has 0 aliphatic carbocycles. The second kappa shape index (κ2) is 5.33. The summed E-state index contributed by atoms with van der Waals surface area (Å²) in [6.07, 6.45) is 4.12. The lowest BCUT2D eigenvalue weighted by Crippen LogP contribution is -2.11. The van der Waals surface area contributed by atoms with Crippen LogP contribution >= 0.6 is 0 Å². The van der Waals surface area contributed by atoms with Gasteiger partial charge in [-0.15, -0.1) is 0 Å². The number of hydrogen-bond donors (Lipinski definition) is 1. The monoisotopic (exact) mass is 322 g/mol. The maximum absolute atomic E-state index is 5.52. The van der Waals surface area contributed by atoms with Crippen molar-refractivity contribution in [2.24, 2.45) is 0 Å². The van der Waals surface area contributed by atoms with Gasteiger partial charge in [-0.2, -0.15) is 4.98 Å². The van der Waals surface area contributed by atoms with Gasteiger partial charge in [0.25, 0.3) is 0 Å². The molecule has 3 aromatic heterocycles. The van der Waals surface area contributed by atoms with Crippen LogP contribution in [0.25, 0.3) is 22.4 Å². The predicted octanol–water partition coefficient (Wildman–Crippen LogP) is 4.09. The van der Waals surface area contributed by atoms with E-state index in [0.29, 0.717) is 29.7 Å². The van der Waals surface area contributed by atoms with Gasteiger partial charge in [-0.05, 0) is 11.6 Å². The number of aromatic nitrogens is 4. The predicted molar refractivity (Wildman–Crippen MR) is 89.6 cm³/mol. The van der Waals surface area contributed by atoms with E-state index < -0.39 is 0 Å². The molecule has 4 rings (SSSR count). The first-order chi connectivity index (χ1) is 11.5. The van der Waals surface area contributed by atoms with Crippen LogP contribution in [-0.4, -0.2) is 20.1 Å². The van der Waals surface area contributed by atoms with Crippen LogP contribution in [0.4, 0.5) is 0 Å². The minimum absolute atomic E-state index is 0.158. The quantitative estimate of drug-likeness (QED) is 0.614. The van der Waals surface area contributed by atoms with Crippen LogP contribution in [0.1, 0.15) is 38.1 Å². The van der Waals surface area contributed by atoms with Crippen molar-refractivity contribution in [1.82, 2.24) is 20.1 Å². The van der Waals surface area contributed by atoms with E-state index >= 15 is 0 Å². The molecule has 0 spiro atoms. The zero-order valence-electron chi connectivity index (χ0n) is 13.8. The Hall–Kier alpha value is -2.89. The molecule has 0 unspecified atom stereocenters. The molecule has 0 radical (unpaired) electrons. The van der Waals surface area contributed by atoms with Crippen LogP contribution in [0.5, 0.6) is 0 Å². The Labute approximate surface area is 138 Å². The molecule has 0 saturated carbocycles. The summed E-state index contributed by atoms with van der Waals surface area (Å²) in [5, 5.41) is 5.18. The van der Waals surface area contributed by atoms with Gasteiger partial charge < -0.3 is 13.9 Å². The van der Waals surface area contributed by atoms with Gasteiger partial charge >= 0.3 is 0 Å². The summed E-state index contributed by atoms with van der Waals surface area (Å²) in [6.45, 7) is 6.13. The zero-order valence-corrected chi connectivity index (χ0v) is 13.8. The van der Waals surface area contributed by atoms with Crippen molar-refractivity contribution in [1.29, 1.82) is 0 Å². The fourth-order valence-electron chi connectivity index (χ4n) is 2.59. The Bertz CT molecular complexity index is 988. The maximum atomic E-state index is 5.52. The highest BCUT2D eigenvalue weighted by molar-refractivity contribution is 5.83. The highest BCUT2D eigenvalue weighted by atomic mass is 16.5. The Morgan fingerprint density at radius 3 is 2.75 bits per heavy atom. The number of fused-ring (bicyclic) bond motifs is 1. The van der Waals surface area contributed by atoms with Gasteiger partial charge in [0.1, 0.15) is 12.0 Å². The topological polar surface area (TPSA) is 80.7 Å². The van der Waals surface area contributed by atoms with Gasteiger partial charge in [-0.1, -0.05) is 44.1 Å². The van der Waals surface area contributed by atoms with E-state index in [0.717, 1.165) is 16.5 Å². The van der Waals surface area contributed by atoms with E-state index in [9.17, 15) is 0 Å². The number of para-hydroxylation sites is 1. The van der Waals surface area contributed by atoms with Crippen molar-refractivity contribution in [3.63, 3.8) is 0 Å². The van der Waals surface area contributed by atoms with E-state index in [4.69, 9.17) is 8.94 Å². The highest BCUT2D eigenvalue weighted by Crippen LogP contribution is 2.25. The Kier molecular flexibility index (Phi) is 3.26. The van der Waals surface area contributed by atoms with Crippen molar-refractivity contribution in [2.45, 2.75) is 32.6 Å². The summed E-state index contributed by atoms with van der Waals surface area (Å²) in [5.41, 5.74) is 2.65. The SMILES string of the molecule is CC(C)(C)c1nc(-c2noc(Cc3c[nH]c4ccccc34)n2)co1. The molecule has 0 amide bonds. The fourth-order valence-corrected chi connectivity index (χ4v) is 2.59. The van der Waals surface area contributed by atoms with Crippen LogP contribution in [0.15, 0.2) is 45.7 Å². The van der Waals surface area contributed by atoms with E-state index in [1.165, 1.54) is 0 Å². The molecule has 24 heavy (non-hydrogen) atoms. The minimum Gasteiger partial charge on any atom is -0.448 e. The largest absolute Gasteiger partial charge is 0.448 e. The fraction of sp³-hybridized carbons (Fsp3) is 0.278. The Morgan fingerprint density at radius 2 is 1.96 bits per heavy atom. The number of nitrogens with zero attached hydrogens (tertiary/aromatic N) is 3. The van der Waals surface area contributed by atoms with Gasteiger partial charge in [-0.3, -0.25) is 0 Å². The summed E-state index contributed by atoms with van der Waals surface area (Å²) in [6, 6.07) is 8.14. The summed E-state index contributed by atoms with van der Waals surface area (Å²) in [4.78, 5) is 12.1. The Morgan fingerprint density at radius 1 is 1.12 bits per heavy atom. The molecule has 6 nitrogen and oxygen atoms in total. The maximum Gasteiger partial charge on any atom is 0.231 e. The van der Waals surface area contributed by atoms with E-state index in [1.54, 1.807) is 6.26 Å². The zero-order chi connectivity index (χ0) is 16.7. The van der Waals surface area contributed by atoms with Crippen LogP contribution in [0.2, 0.25) is 0 Å². The van der Waals surface area contributed by atoms with Crippen molar-refractivity contribution in [3.8, 4) is 11.5 Å². The second-order valence-electron chi connectivity index (χ2n) is 6.84. The third-order valence-electron chi connectivity index (χ3n) is 3.86. The first-order valence-electron chi connectivity index (χ1n) is 7.85. The normalized spacial score (nSPS) is 12.1. The van der Waals surface area contributed by atoms with Crippen LogP contribution in [0.3, 0.4) is 0 Å². The number of H-pyrrole nitrogens is 1. The third kappa shape index (κ3) is 2.60. The lowest BCUT2D eigenvalue weighted by atomic mass is 9.97. The number of nitrogens with one attached hydrogen (secondary N) is 1. The van der Waals surface area contributed by atoms with Crippen molar-refractivity contribution in [2.75, 3.05) is 0 Å². The molecule has 0 saturated heterocycles. The Balaban J connectivity index is 1.60. The molecule has 3 heterocycles.